The number of hydrogen-bond donors (Lipinski definition) is 1. The molecule has 0 saturated carbocycles. The molecule has 0 bridgehead atoms. The van der Waals surface area contributed by atoms with Crippen molar-refractivity contribution in [2.75, 3.05) is 46.4 Å². The second-order valence-corrected chi connectivity index (χ2v) is 7.91. The van der Waals surface area contributed by atoms with Crippen LogP contribution in [0, 0.1) is 5.92 Å². The summed E-state index contributed by atoms with van der Waals surface area (Å²) in [5.74, 6) is 0.756. The van der Waals surface area contributed by atoms with Gasteiger partial charge in [-0.3, -0.25) is 4.79 Å². The maximum absolute atomic E-state index is 12.4. The third-order valence-corrected chi connectivity index (χ3v) is 5.82. The molecule has 2 aliphatic heterocycles. The van der Waals surface area contributed by atoms with Crippen LogP contribution in [0.2, 0.25) is 0 Å². The SMILES string of the molecule is COCCCNC(=O)N1CCC(Cc2ccc(C(=O)N3CCCC3)cc2)CC1. The highest BCUT2D eigenvalue weighted by molar-refractivity contribution is 5.94. The summed E-state index contributed by atoms with van der Waals surface area (Å²) in [6.07, 6.45) is 6.15. The first-order valence-corrected chi connectivity index (χ1v) is 10.6. The average molecular weight is 388 g/mol. The van der Waals surface area contributed by atoms with E-state index in [0.717, 1.165) is 70.3 Å². The molecule has 3 amide bonds. The van der Waals surface area contributed by atoms with Crippen molar-refractivity contribution in [2.45, 2.75) is 38.5 Å². The van der Waals surface area contributed by atoms with E-state index in [1.54, 1.807) is 7.11 Å². The molecule has 6 heteroatoms. The number of carbonyl (C=O) groups excluding carboxylic acids is 2. The van der Waals surface area contributed by atoms with Crippen LogP contribution in [0.3, 0.4) is 0 Å². The smallest absolute Gasteiger partial charge is 0.317 e. The van der Waals surface area contributed by atoms with Gasteiger partial charge in [-0.1, -0.05) is 12.1 Å². The van der Waals surface area contributed by atoms with Gasteiger partial charge in [-0.25, -0.2) is 4.79 Å². The molecular weight excluding hydrogens is 354 g/mol. The minimum atomic E-state index is 0.0410. The molecule has 0 aliphatic carbocycles. The van der Waals surface area contributed by atoms with Gasteiger partial charge in [-0.15, -0.1) is 0 Å². The van der Waals surface area contributed by atoms with Crippen LogP contribution in [0.5, 0.6) is 0 Å². The normalized spacial score (nSPS) is 17.8. The van der Waals surface area contributed by atoms with E-state index in [4.69, 9.17) is 4.74 Å². The molecule has 1 aromatic rings. The Kier molecular flexibility index (Phi) is 7.71. The summed E-state index contributed by atoms with van der Waals surface area (Å²) in [4.78, 5) is 28.5. The number of ether oxygens (including phenoxy) is 1. The predicted octanol–water partition coefficient (Wildman–Crippen LogP) is 2.92. The lowest BCUT2D eigenvalue weighted by atomic mass is 9.90. The third kappa shape index (κ3) is 5.71. The van der Waals surface area contributed by atoms with Crippen LogP contribution < -0.4 is 5.32 Å². The molecular formula is C22H33N3O3. The van der Waals surface area contributed by atoms with E-state index in [9.17, 15) is 9.59 Å². The fourth-order valence-corrected chi connectivity index (χ4v) is 4.08. The molecule has 2 saturated heterocycles. The van der Waals surface area contributed by atoms with Gasteiger partial charge in [-0.05, 0) is 62.1 Å². The topological polar surface area (TPSA) is 61.9 Å². The van der Waals surface area contributed by atoms with E-state index >= 15 is 0 Å². The van der Waals surface area contributed by atoms with Gasteiger partial charge in [0, 0.05) is 52.0 Å². The number of nitrogens with zero attached hydrogens (tertiary/aromatic N) is 2. The summed E-state index contributed by atoms with van der Waals surface area (Å²) in [6, 6.07) is 8.17. The number of rotatable bonds is 7. The van der Waals surface area contributed by atoms with Gasteiger partial charge >= 0.3 is 6.03 Å². The summed E-state index contributed by atoms with van der Waals surface area (Å²) in [7, 11) is 1.67. The monoisotopic (exact) mass is 387 g/mol. The Morgan fingerprint density at radius 3 is 2.36 bits per heavy atom. The van der Waals surface area contributed by atoms with Gasteiger partial charge in [0.2, 0.25) is 0 Å². The molecule has 2 aliphatic rings. The van der Waals surface area contributed by atoms with E-state index in [1.807, 2.05) is 21.9 Å². The Bertz CT molecular complexity index is 633. The molecule has 0 spiro atoms. The van der Waals surface area contributed by atoms with Crippen molar-refractivity contribution in [1.82, 2.24) is 15.1 Å². The number of piperidine rings is 1. The Morgan fingerprint density at radius 2 is 1.71 bits per heavy atom. The van der Waals surface area contributed by atoms with Crippen molar-refractivity contribution in [3.05, 3.63) is 35.4 Å². The number of likely N-dealkylation sites (tertiary alicyclic amines) is 2. The van der Waals surface area contributed by atoms with E-state index in [1.165, 1.54) is 5.56 Å². The van der Waals surface area contributed by atoms with Crippen molar-refractivity contribution in [3.63, 3.8) is 0 Å². The molecule has 154 valence electrons. The van der Waals surface area contributed by atoms with E-state index in [0.29, 0.717) is 19.1 Å². The van der Waals surface area contributed by atoms with Crippen molar-refractivity contribution in [2.24, 2.45) is 5.92 Å². The minimum Gasteiger partial charge on any atom is -0.385 e. The predicted molar refractivity (Wildman–Crippen MR) is 109 cm³/mol. The number of urea groups is 1. The number of methoxy groups -OCH3 is 1. The van der Waals surface area contributed by atoms with Crippen molar-refractivity contribution < 1.29 is 14.3 Å². The molecule has 0 atom stereocenters. The third-order valence-electron chi connectivity index (χ3n) is 5.82. The largest absolute Gasteiger partial charge is 0.385 e. The Morgan fingerprint density at radius 1 is 1.04 bits per heavy atom. The van der Waals surface area contributed by atoms with Crippen LogP contribution in [-0.4, -0.2) is 68.2 Å². The molecule has 1 aromatic carbocycles. The fourth-order valence-electron chi connectivity index (χ4n) is 4.08. The highest BCUT2D eigenvalue weighted by atomic mass is 16.5. The molecule has 0 aromatic heterocycles. The molecule has 2 heterocycles. The standard InChI is InChI=1S/C22H33N3O3/c1-28-16-4-11-23-22(27)25-14-9-19(10-15-25)17-18-5-7-20(8-6-18)21(26)24-12-2-3-13-24/h5-8,19H,2-4,9-17H2,1H3,(H,23,27). The molecule has 0 radical (unpaired) electrons. The van der Waals surface area contributed by atoms with Gasteiger partial charge in [0.25, 0.3) is 5.91 Å². The van der Waals surface area contributed by atoms with Crippen molar-refractivity contribution in [1.29, 1.82) is 0 Å². The first-order valence-electron chi connectivity index (χ1n) is 10.6. The molecule has 1 N–H and O–H groups in total. The lowest BCUT2D eigenvalue weighted by Crippen LogP contribution is -2.45. The van der Waals surface area contributed by atoms with E-state index < -0.39 is 0 Å². The van der Waals surface area contributed by atoms with Crippen LogP contribution in [0.1, 0.15) is 48.0 Å². The van der Waals surface area contributed by atoms with Crippen LogP contribution >= 0.6 is 0 Å². The Labute approximate surface area is 168 Å². The van der Waals surface area contributed by atoms with Gasteiger partial charge in [0.05, 0.1) is 0 Å². The van der Waals surface area contributed by atoms with E-state index in [-0.39, 0.29) is 11.9 Å². The molecule has 3 rings (SSSR count). The summed E-state index contributed by atoms with van der Waals surface area (Å²) in [6.45, 7) is 4.73. The maximum Gasteiger partial charge on any atom is 0.317 e. The van der Waals surface area contributed by atoms with Gasteiger partial charge in [0.15, 0.2) is 0 Å². The average Bonchev–Trinajstić information content (AvgIpc) is 3.26. The number of benzene rings is 1. The molecule has 0 unspecified atom stereocenters. The number of carbonyl (C=O) groups is 2. The summed E-state index contributed by atoms with van der Waals surface area (Å²) in [5.41, 5.74) is 2.08. The second-order valence-electron chi connectivity index (χ2n) is 7.91. The van der Waals surface area contributed by atoms with Crippen molar-refractivity contribution in [3.8, 4) is 0 Å². The summed E-state index contributed by atoms with van der Waals surface area (Å²) >= 11 is 0. The molecule has 6 nitrogen and oxygen atoms in total. The quantitative estimate of drug-likeness (QED) is 0.732. The second kappa shape index (κ2) is 10.5. The number of amides is 3. The van der Waals surface area contributed by atoms with Gasteiger partial charge < -0.3 is 19.9 Å². The summed E-state index contributed by atoms with van der Waals surface area (Å²) in [5, 5.41) is 2.96. The van der Waals surface area contributed by atoms with Gasteiger partial charge in [0.1, 0.15) is 0 Å². The first kappa shape index (κ1) is 20.6. The number of nitrogens with one attached hydrogen (secondary N) is 1. The Balaban J connectivity index is 1.40. The minimum absolute atomic E-state index is 0.0410. The van der Waals surface area contributed by atoms with Crippen LogP contribution in [0.15, 0.2) is 24.3 Å². The van der Waals surface area contributed by atoms with E-state index in [2.05, 4.69) is 17.4 Å². The van der Waals surface area contributed by atoms with Crippen LogP contribution in [0.25, 0.3) is 0 Å². The lowest BCUT2D eigenvalue weighted by molar-refractivity contribution is 0.0793. The summed E-state index contributed by atoms with van der Waals surface area (Å²) < 4.78 is 5.00. The zero-order chi connectivity index (χ0) is 19.8. The number of hydrogen-bond acceptors (Lipinski definition) is 3. The van der Waals surface area contributed by atoms with Crippen LogP contribution in [0.4, 0.5) is 4.79 Å². The zero-order valence-electron chi connectivity index (χ0n) is 17.0. The maximum atomic E-state index is 12.4. The Hall–Kier alpha value is -2.08. The highest BCUT2D eigenvalue weighted by Gasteiger charge is 2.23. The lowest BCUT2D eigenvalue weighted by Gasteiger charge is -2.32. The first-order chi connectivity index (χ1) is 13.7. The van der Waals surface area contributed by atoms with Crippen LogP contribution in [-0.2, 0) is 11.2 Å². The van der Waals surface area contributed by atoms with Crippen molar-refractivity contribution >= 4 is 11.9 Å². The molecule has 28 heavy (non-hydrogen) atoms. The molecule has 2 fully saturated rings. The highest BCUT2D eigenvalue weighted by Crippen LogP contribution is 2.22. The fraction of sp³-hybridized carbons (Fsp3) is 0.636. The van der Waals surface area contributed by atoms with Gasteiger partial charge in [-0.2, -0.15) is 0 Å². The zero-order valence-corrected chi connectivity index (χ0v) is 17.0.